The molecule has 0 radical (unpaired) electrons. The number of nitrogens with zero attached hydrogens (tertiary/aromatic N) is 4. The summed E-state index contributed by atoms with van der Waals surface area (Å²) in [5, 5.41) is 6.51. The molecule has 0 bridgehead atoms. The molecule has 0 spiro atoms. The first-order chi connectivity index (χ1) is 14.4. The lowest BCUT2D eigenvalue weighted by molar-refractivity contribution is -0.114. The Hall–Kier alpha value is -3.25. The number of amides is 1. The number of rotatable bonds is 2. The number of hydrazone groups is 1. The molecular formula is C24H22N4OS. The third-order valence-corrected chi connectivity index (χ3v) is 6.89. The Morgan fingerprint density at radius 1 is 1.03 bits per heavy atom. The Balaban J connectivity index is 1.49. The van der Waals surface area contributed by atoms with Crippen LogP contribution in [0.25, 0.3) is 10.2 Å². The minimum Gasteiger partial charge on any atom is -0.347 e. The summed E-state index contributed by atoms with van der Waals surface area (Å²) >= 11 is 1.47. The van der Waals surface area contributed by atoms with E-state index >= 15 is 0 Å². The maximum atomic E-state index is 13.1. The molecule has 0 saturated carbocycles. The van der Waals surface area contributed by atoms with E-state index in [2.05, 4.69) is 60.1 Å². The van der Waals surface area contributed by atoms with Gasteiger partial charge in [0.25, 0.3) is 5.91 Å². The lowest BCUT2D eigenvalue weighted by Crippen LogP contribution is -2.23. The van der Waals surface area contributed by atoms with Crippen LogP contribution in [0, 0.1) is 0 Å². The monoisotopic (exact) mass is 414 g/mol. The molecular weight excluding hydrogens is 392 g/mol. The van der Waals surface area contributed by atoms with Crippen molar-refractivity contribution in [2.45, 2.75) is 26.2 Å². The molecule has 0 saturated heterocycles. The van der Waals surface area contributed by atoms with Crippen LogP contribution in [-0.2, 0) is 10.2 Å². The smallest absolute Gasteiger partial charge is 0.282 e. The van der Waals surface area contributed by atoms with Gasteiger partial charge in [-0.2, -0.15) is 10.1 Å². The van der Waals surface area contributed by atoms with Crippen LogP contribution < -0.4 is 9.91 Å². The first-order valence-corrected chi connectivity index (χ1v) is 10.7. The van der Waals surface area contributed by atoms with E-state index in [0.29, 0.717) is 16.4 Å². The second kappa shape index (κ2) is 6.64. The van der Waals surface area contributed by atoms with Crippen LogP contribution in [0.3, 0.4) is 0 Å². The van der Waals surface area contributed by atoms with Gasteiger partial charge in [-0.1, -0.05) is 55.5 Å². The normalized spacial score (nSPS) is 20.5. The minimum atomic E-state index is -0.139. The highest BCUT2D eigenvalue weighted by Crippen LogP contribution is 2.46. The molecule has 3 aromatic rings. The molecule has 1 amide bonds. The Morgan fingerprint density at radius 3 is 2.53 bits per heavy atom. The molecule has 1 aromatic heterocycles. The van der Waals surface area contributed by atoms with E-state index in [1.54, 1.807) is 0 Å². The summed E-state index contributed by atoms with van der Waals surface area (Å²) in [6.45, 7) is 6.29. The van der Waals surface area contributed by atoms with Crippen molar-refractivity contribution in [1.29, 1.82) is 0 Å². The lowest BCUT2D eigenvalue weighted by Gasteiger charge is -2.23. The Bertz CT molecular complexity index is 1250. The van der Waals surface area contributed by atoms with Gasteiger partial charge in [0.2, 0.25) is 5.13 Å². The van der Waals surface area contributed by atoms with Crippen molar-refractivity contribution in [2.24, 2.45) is 5.10 Å². The largest absolute Gasteiger partial charge is 0.347 e. The molecule has 0 fully saturated rings. The number of thiazole rings is 1. The highest BCUT2D eigenvalue weighted by Gasteiger charge is 2.38. The molecule has 2 aliphatic rings. The maximum absolute atomic E-state index is 13.1. The predicted octanol–water partition coefficient (Wildman–Crippen LogP) is 5.26. The zero-order valence-corrected chi connectivity index (χ0v) is 18.2. The Morgan fingerprint density at radius 2 is 1.77 bits per heavy atom. The topological polar surface area (TPSA) is 48.8 Å². The molecule has 5 rings (SSSR count). The van der Waals surface area contributed by atoms with Gasteiger partial charge in [0.1, 0.15) is 0 Å². The number of anilines is 2. The number of likely N-dealkylation sites (N-methyl/N-ethyl adjacent to an activating group) is 1. The second-order valence-corrected chi connectivity index (χ2v) is 9.11. The number of aromatic nitrogens is 1. The van der Waals surface area contributed by atoms with Gasteiger partial charge in [0.05, 0.1) is 21.5 Å². The number of fused-ring (bicyclic) bond motifs is 2. The van der Waals surface area contributed by atoms with E-state index in [1.165, 1.54) is 27.6 Å². The van der Waals surface area contributed by atoms with E-state index in [4.69, 9.17) is 0 Å². The van der Waals surface area contributed by atoms with Gasteiger partial charge in [-0.25, -0.2) is 4.98 Å². The average molecular weight is 415 g/mol. The van der Waals surface area contributed by atoms with Gasteiger partial charge in [-0.05, 0) is 42.8 Å². The minimum absolute atomic E-state index is 0.137. The van der Waals surface area contributed by atoms with Gasteiger partial charge in [-0.15, -0.1) is 0 Å². The molecule has 2 aromatic carbocycles. The summed E-state index contributed by atoms with van der Waals surface area (Å²) in [6.07, 6.45) is 3.95. The summed E-state index contributed by atoms with van der Waals surface area (Å²) in [6, 6.07) is 16.3. The number of allylic oxidation sites excluding steroid dienone is 3. The summed E-state index contributed by atoms with van der Waals surface area (Å²) in [7, 11) is 2.07. The number of hydrogen-bond donors (Lipinski definition) is 0. The van der Waals surface area contributed by atoms with Crippen molar-refractivity contribution in [3.63, 3.8) is 0 Å². The zero-order valence-electron chi connectivity index (χ0n) is 17.4. The number of para-hydroxylation sites is 2. The molecule has 0 unspecified atom stereocenters. The molecule has 0 N–H and O–H groups in total. The second-order valence-electron chi connectivity index (χ2n) is 8.10. The fourth-order valence-electron chi connectivity index (χ4n) is 4.25. The maximum Gasteiger partial charge on any atom is 0.282 e. The number of hydrogen-bond acceptors (Lipinski definition) is 5. The van der Waals surface area contributed by atoms with Crippen molar-refractivity contribution >= 4 is 44.0 Å². The standard InChI is InChI=1S/C24H22N4OS/c1-15-16(13-14-21-24(2,3)17-9-5-7-11-19(17)27(21)4)22(29)28(26-15)23-25-18-10-6-8-12-20(18)30-23/h5-14H,1-4H3/b16-13+,21-14-. The molecule has 6 heteroatoms. The quantitative estimate of drug-likeness (QED) is 0.538. The third-order valence-electron chi connectivity index (χ3n) is 5.87. The lowest BCUT2D eigenvalue weighted by atomic mass is 9.83. The van der Waals surface area contributed by atoms with Crippen LogP contribution in [0.2, 0.25) is 0 Å². The van der Waals surface area contributed by atoms with Crippen LogP contribution in [0.5, 0.6) is 0 Å². The molecule has 30 heavy (non-hydrogen) atoms. The summed E-state index contributed by atoms with van der Waals surface area (Å²) in [5.41, 5.74) is 5.68. The van der Waals surface area contributed by atoms with E-state index in [9.17, 15) is 4.79 Å². The number of carbonyl (C=O) groups excluding carboxylic acids is 1. The summed E-state index contributed by atoms with van der Waals surface area (Å²) < 4.78 is 1.04. The molecule has 5 nitrogen and oxygen atoms in total. The number of carbonyl (C=O) groups is 1. The highest BCUT2D eigenvalue weighted by atomic mass is 32.1. The average Bonchev–Trinajstić information content (AvgIpc) is 3.34. The summed E-state index contributed by atoms with van der Waals surface area (Å²) in [4.78, 5) is 19.9. The van der Waals surface area contributed by atoms with Crippen LogP contribution in [-0.4, -0.2) is 23.7 Å². The van der Waals surface area contributed by atoms with Crippen LogP contribution in [0.1, 0.15) is 26.3 Å². The first-order valence-electron chi connectivity index (χ1n) is 9.89. The van der Waals surface area contributed by atoms with Gasteiger partial charge in [-0.3, -0.25) is 4.79 Å². The van der Waals surface area contributed by atoms with E-state index in [0.717, 1.165) is 15.9 Å². The van der Waals surface area contributed by atoms with Crippen LogP contribution >= 0.6 is 11.3 Å². The molecule has 0 atom stereocenters. The predicted molar refractivity (Wildman–Crippen MR) is 124 cm³/mol. The fraction of sp³-hybridized carbons (Fsp3) is 0.208. The van der Waals surface area contributed by atoms with Crippen molar-refractivity contribution in [3.8, 4) is 0 Å². The van der Waals surface area contributed by atoms with Crippen molar-refractivity contribution in [3.05, 3.63) is 77.5 Å². The van der Waals surface area contributed by atoms with E-state index in [-0.39, 0.29) is 11.3 Å². The molecule has 2 aliphatic heterocycles. The van der Waals surface area contributed by atoms with Gasteiger partial charge >= 0.3 is 0 Å². The molecule has 0 aliphatic carbocycles. The van der Waals surface area contributed by atoms with Crippen molar-refractivity contribution in [2.75, 3.05) is 17.0 Å². The highest BCUT2D eigenvalue weighted by molar-refractivity contribution is 7.22. The zero-order chi connectivity index (χ0) is 21.0. The van der Waals surface area contributed by atoms with Crippen molar-refractivity contribution < 1.29 is 4.79 Å². The number of benzene rings is 2. The van der Waals surface area contributed by atoms with E-state index in [1.807, 2.05) is 43.3 Å². The van der Waals surface area contributed by atoms with Gasteiger partial charge in [0, 0.05) is 23.8 Å². The molecule has 150 valence electrons. The fourth-order valence-corrected chi connectivity index (χ4v) is 5.17. The van der Waals surface area contributed by atoms with Gasteiger partial charge in [0.15, 0.2) is 0 Å². The van der Waals surface area contributed by atoms with Crippen LogP contribution in [0.15, 0.2) is 77.1 Å². The SMILES string of the molecule is CC1=NN(c2nc3ccccc3s2)C(=O)/C1=C/C=C1\N(C)c2ccccc2C1(C)C. The van der Waals surface area contributed by atoms with E-state index < -0.39 is 0 Å². The summed E-state index contributed by atoms with van der Waals surface area (Å²) in [5.74, 6) is -0.139. The Kier molecular flexibility index (Phi) is 4.15. The first kappa shape index (κ1) is 18.8. The Labute approximate surface area is 179 Å². The van der Waals surface area contributed by atoms with Gasteiger partial charge < -0.3 is 4.90 Å². The molecule has 3 heterocycles. The van der Waals surface area contributed by atoms with Crippen LogP contribution in [0.4, 0.5) is 10.8 Å². The van der Waals surface area contributed by atoms with Crippen molar-refractivity contribution in [1.82, 2.24) is 4.98 Å². The third kappa shape index (κ3) is 2.71.